The molecule has 4 rings (SSSR count). The van der Waals surface area contributed by atoms with Crippen LogP contribution >= 0.6 is 23.2 Å². The van der Waals surface area contributed by atoms with Gasteiger partial charge in [-0.05, 0) is 73.6 Å². The van der Waals surface area contributed by atoms with Crippen molar-refractivity contribution in [1.82, 2.24) is 15.1 Å². The molecule has 3 aliphatic rings. The van der Waals surface area contributed by atoms with Crippen LogP contribution in [0.25, 0.3) is 0 Å². The van der Waals surface area contributed by atoms with E-state index in [4.69, 9.17) is 23.2 Å². The average molecular weight is 452 g/mol. The Balaban J connectivity index is 1.28. The molecule has 1 saturated heterocycles. The SMILES string of the molecule is CCC(=O)N1CCC(N(C)C(=O)NC2CCC3(c4cc(Cl)cc(Cl)c4)CC3C2)CC1. The number of halogens is 2. The smallest absolute Gasteiger partial charge is 0.317 e. The van der Waals surface area contributed by atoms with Crippen LogP contribution in [-0.4, -0.2) is 54.0 Å². The van der Waals surface area contributed by atoms with Crippen LogP contribution in [0.1, 0.15) is 57.4 Å². The number of fused-ring (bicyclic) bond motifs is 1. The van der Waals surface area contributed by atoms with Crippen molar-refractivity contribution in [3.63, 3.8) is 0 Å². The predicted molar refractivity (Wildman–Crippen MR) is 120 cm³/mol. The Morgan fingerprint density at radius 2 is 1.83 bits per heavy atom. The number of nitrogens with zero attached hydrogens (tertiary/aromatic N) is 2. The van der Waals surface area contributed by atoms with Gasteiger partial charge in [-0.25, -0.2) is 4.79 Å². The monoisotopic (exact) mass is 451 g/mol. The van der Waals surface area contributed by atoms with Gasteiger partial charge in [-0.3, -0.25) is 4.79 Å². The zero-order valence-electron chi connectivity index (χ0n) is 17.8. The lowest BCUT2D eigenvalue weighted by Crippen LogP contribution is -2.52. The second-order valence-electron chi connectivity index (χ2n) is 9.21. The molecule has 5 nitrogen and oxygen atoms in total. The van der Waals surface area contributed by atoms with Crippen molar-refractivity contribution < 1.29 is 9.59 Å². The topological polar surface area (TPSA) is 52.7 Å². The van der Waals surface area contributed by atoms with E-state index in [2.05, 4.69) is 17.4 Å². The van der Waals surface area contributed by atoms with E-state index >= 15 is 0 Å². The molecule has 1 N–H and O–H groups in total. The minimum atomic E-state index is 0.0132. The number of piperidine rings is 1. The van der Waals surface area contributed by atoms with Gasteiger partial charge < -0.3 is 15.1 Å². The Morgan fingerprint density at radius 1 is 1.17 bits per heavy atom. The molecule has 164 valence electrons. The Kier molecular flexibility index (Phi) is 6.23. The van der Waals surface area contributed by atoms with E-state index in [1.807, 2.05) is 23.8 Å². The number of amides is 3. The third-order valence-corrected chi connectivity index (χ3v) is 7.93. The Labute approximate surface area is 189 Å². The second kappa shape index (κ2) is 8.58. The van der Waals surface area contributed by atoms with Crippen molar-refractivity contribution in [2.75, 3.05) is 20.1 Å². The standard InChI is InChI=1S/C23H31Cl2N3O2/c1-3-21(29)28-8-5-20(6-9-28)27(2)22(30)26-19-4-7-23(14-16(23)12-19)15-10-17(24)13-18(25)11-15/h10-11,13,16,19-20H,3-9,12,14H2,1-2H3,(H,26,30). The molecular formula is C23H31Cl2N3O2. The summed E-state index contributed by atoms with van der Waals surface area (Å²) < 4.78 is 0. The molecule has 0 spiro atoms. The van der Waals surface area contributed by atoms with Crippen LogP contribution in [0.5, 0.6) is 0 Å². The van der Waals surface area contributed by atoms with Crippen LogP contribution in [-0.2, 0) is 10.2 Å². The Morgan fingerprint density at radius 3 is 2.43 bits per heavy atom. The average Bonchev–Trinajstić information content (AvgIpc) is 3.47. The summed E-state index contributed by atoms with van der Waals surface area (Å²) in [6.45, 7) is 3.38. The Bertz CT molecular complexity index is 804. The van der Waals surface area contributed by atoms with Crippen LogP contribution in [0.2, 0.25) is 10.0 Å². The zero-order valence-corrected chi connectivity index (χ0v) is 19.3. The molecule has 1 aromatic rings. The van der Waals surface area contributed by atoms with E-state index in [9.17, 15) is 9.59 Å². The van der Waals surface area contributed by atoms with Gasteiger partial charge in [0.05, 0.1) is 0 Å². The predicted octanol–water partition coefficient (Wildman–Crippen LogP) is 4.85. The summed E-state index contributed by atoms with van der Waals surface area (Å²) in [7, 11) is 1.88. The lowest BCUT2D eigenvalue weighted by molar-refractivity contribution is -0.132. The van der Waals surface area contributed by atoms with Crippen molar-refractivity contribution in [2.45, 2.75) is 69.4 Å². The molecule has 0 aromatic heterocycles. The third kappa shape index (κ3) is 4.29. The van der Waals surface area contributed by atoms with Gasteiger partial charge in [0, 0.05) is 48.7 Å². The zero-order chi connectivity index (χ0) is 21.5. The number of carbonyl (C=O) groups is 2. The van der Waals surface area contributed by atoms with Gasteiger partial charge >= 0.3 is 6.03 Å². The van der Waals surface area contributed by atoms with Gasteiger partial charge in [-0.15, -0.1) is 0 Å². The first-order valence-electron chi connectivity index (χ1n) is 11.1. The van der Waals surface area contributed by atoms with Crippen LogP contribution < -0.4 is 5.32 Å². The van der Waals surface area contributed by atoms with Gasteiger partial charge in [0.15, 0.2) is 0 Å². The number of likely N-dealkylation sites (tertiary alicyclic amines) is 1. The second-order valence-corrected chi connectivity index (χ2v) is 10.1. The summed E-state index contributed by atoms with van der Waals surface area (Å²) in [5.41, 5.74) is 1.45. The van der Waals surface area contributed by atoms with Crippen LogP contribution in [0, 0.1) is 5.92 Å². The fourth-order valence-corrected chi connectivity index (χ4v) is 6.05. The van der Waals surface area contributed by atoms with Crippen LogP contribution in [0.15, 0.2) is 18.2 Å². The van der Waals surface area contributed by atoms with Gasteiger partial charge in [-0.2, -0.15) is 0 Å². The summed E-state index contributed by atoms with van der Waals surface area (Å²) in [5.74, 6) is 0.788. The number of rotatable bonds is 4. The number of hydrogen-bond donors (Lipinski definition) is 1. The number of urea groups is 1. The molecular weight excluding hydrogens is 421 g/mol. The maximum atomic E-state index is 12.8. The molecule has 2 saturated carbocycles. The van der Waals surface area contributed by atoms with E-state index in [0.717, 1.165) is 51.6 Å². The van der Waals surface area contributed by atoms with E-state index < -0.39 is 0 Å². The molecule has 1 aliphatic heterocycles. The van der Waals surface area contributed by atoms with Gasteiger partial charge in [-0.1, -0.05) is 30.1 Å². The normalized spacial score (nSPS) is 28.6. The molecule has 3 fully saturated rings. The Hall–Kier alpha value is -1.46. The maximum absolute atomic E-state index is 12.8. The molecule has 1 aromatic carbocycles. The maximum Gasteiger partial charge on any atom is 0.317 e. The van der Waals surface area contributed by atoms with Crippen LogP contribution in [0.4, 0.5) is 4.79 Å². The fourth-order valence-electron chi connectivity index (χ4n) is 5.53. The number of carbonyl (C=O) groups excluding carboxylic acids is 2. The highest BCUT2D eigenvalue weighted by Gasteiger charge is 2.57. The molecule has 30 heavy (non-hydrogen) atoms. The summed E-state index contributed by atoms with van der Waals surface area (Å²) in [6.07, 6.45) is 6.43. The third-order valence-electron chi connectivity index (χ3n) is 7.49. The highest BCUT2D eigenvalue weighted by molar-refractivity contribution is 6.34. The molecule has 7 heteroatoms. The number of benzene rings is 1. The largest absolute Gasteiger partial charge is 0.343 e. The van der Waals surface area contributed by atoms with Crippen molar-refractivity contribution >= 4 is 35.1 Å². The van der Waals surface area contributed by atoms with Crippen molar-refractivity contribution in [3.05, 3.63) is 33.8 Å². The summed E-state index contributed by atoms with van der Waals surface area (Å²) in [6, 6.07) is 6.32. The van der Waals surface area contributed by atoms with Crippen LogP contribution in [0.3, 0.4) is 0 Å². The lowest BCUT2D eigenvalue weighted by Gasteiger charge is -2.38. The number of hydrogen-bond acceptors (Lipinski definition) is 2. The fraction of sp³-hybridized carbons (Fsp3) is 0.652. The van der Waals surface area contributed by atoms with E-state index in [1.165, 1.54) is 5.56 Å². The van der Waals surface area contributed by atoms with Gasteiger partial charge in [0.1, 0.15) is 0 Å². The van der Waals surface area contributed by atoms with Gasteiger partial charge in [0.25, 0.3) is 0 Å². The lowest BCUT2D eigenvalue weighted by atomic mass is 9.81. The van der Waals surface area contributed by atoms with Crippen molar-refractivity contribution in [2.24, 2.45) is 5.92 Å². The molecule has 0 radical (unpaired) electrons. The van der Waals surface area contributed by atoms with Gasteiger partial charge in [0.2, 0.25) is 5.91 Å². The first-order chi connectivity index (χ1) is 14.3. The molecule has 1 heterocycles. The molecule has 3 unspecified atom stereocenters. The highest BCUT2D eigenvalue weighted by atomic mass is 35.5. The molecule has 2 aliphatic carbocycles. The summed E-state index contributed by atoms with van der Waals surface area (Å²) >= 11 is 12.4. The van der Waals surface area contributed by atoms with Crippen molar-refractivity contribution in [1.29, 1.82) is 0 Å². The minimum absolute atomic E-state index is 0.0132. The highest BCUT2D eigenvalue weighted by Crippen LogP contribution is 2.62. The molecule has 0 bridgehead atoms. The first kappa shape index (κ1) is 21.8. The number of nitrogens with one attached hydrogen (secondary N) is 1. The minimum Gasteiger partial charge on any atom is -0.343 e. The molecule has 3 amide bonds. The van der Waals surface area contributed by atoms with Crippen molar-refractivity contribution in [3.8, 4) is 0 Å². The van der Waals surface area contributed by atoms with E-state index in [1.54, 1.807) is 6.07 Å². The van der Waals surface area contributed by atoms with E-state index in [0.29, 0.717) is 22.4 Å². The van der Waals surface area contributed by atoms with E-state index in [-0.39, 0.29) is 29.4 Å². The summed E-state index contributed by atoms with van der Waals surface area (Å²) in [4.78, 5) is 28.5. The molecule has 3 atom stereocenters. The quantitative estimate of drug-likeness (QED) is 0.711. The summed E-state index contributed by atoms with van der Waals surface area (Å²) in [5, 5.41) is 4.66. The first-order valence-corrected chi connectivity index (χ1v) is 11.9.